The van der Waals surface area contributed by atoms with E-state index in [-0.39, 0.29) is 12.0 Å². The Balaban J connectivity index is 1.60. The molecule has 5 nitrogen and oxygen atoms in total. The maximum absolute atomic E-state index is 12.6. The van der Waals surface area contributed by atoms with E-state index in [4.69, 9.17) is 27.9 Å². The quantitative estimate of drug-likeness (QED) is 0.849. The van der Waals surface area contributed by atoms with Crippen LogP contribution in [0.25, 0.3) is 0 Å². The zero-order chi connectivity index (χ0) is 16.2. The predicted octanol–water partition coefficient (Wildman–Crippen LogP) is 3.47. The van der Waals surface area contributed by atoms with Gasteiger partial charge in [-0.25, -0.2) is 9.97 Å². The monoisotopic (exact) mass is 351 g/mol. The van der Waals surface area contributed by atoms with Gasteiger partial charge in [-0.05, 0) is 18.2 Å². The molecule has 0 unspecified atom stereocenters. The molecule has 0 saturated carbocycles. The van der Waals surface area contributed by atoms with Gasteiger partial charge in [0.15, 0.2) is 0 Å². The fourth-order valence-corrected chi connectivity index (χ4v) is 2.90. The molecule has 0 bridgehead atoms. The summed E-state index contributed by atoms with van der Waals surface area (Å²) in [5.74, 6) is 0.459. The lowest BCUT2D eigenvalue weighted by Gasteiger charge is -2.32. The third-order valence-corrected chi connectivity index (χ3v) is 4.29. The molecule has 1 aliphatic heterocycles. The molecule has 120 valence electrons. The summed E-state index contributed by atoms with van der Waals surface area (Å²) in [6.07, 6.45) is 4.63. The SMILES string of the molecule is O=C(c1cc(Cl)ccc1Cl)N1CCC(Oc2ccncn2)CC1. The van der Waals surface area contributed by atoms with Crippen molar-refractivity contribution in [2.24, 2.45) is 0 Å². The van der Waals surface area contributed by atoms with Gasteiger partial charge in [-0.1, -0.05) is 23.2 Å². The van der Waals surface area contributed by atoms with Crippen molar-refractivity contribution in [3.8, 4) is 5.88 Å². The van der Waals surface area contributed by atoms with Crippen LogP contribution >= 0.6 is 23.2 Å². The average Bonchev–Trinajstić information content (AvgIpc) is 2.58. The molecule has 0 atom stereocenters. The fourth-order valence-electron chi connectivity index (χ4n) is 2.53. The number of carbonyl (C=O) groups is 1. The Hall–Kier alpha value is -1.85. The molecule has 1 saturated heterocycles. The number of benzene rings is 1. The standard InChI is InChI=1S/C16H15Cl2N3O2/c17-11-1-2-14(18)13(9-11)16(22)21-7-4-12(5-8-21)23-15-3-6-19-10-20-15/h1-3,6,9-10,12H,4-5,7-8H2. The molecule has 1 fully saturated rings. The maximum atomic E-state index is 12.6. The van der Waals surface area contributed by atoms with E-state index < -0.39 is 0 Å². The van der Waals surface area contributed by atoms with E-state index >= 15 is 0 Å². The van der Waals surface area contributed by atoms with Gasteiger partial charge in [0.25, 0.3) is 5.91 Å². The lowest BCUT2D eigenvalue weighted by molar-refractivity contribution is 0.0588. The Kier molecular flexibility index (Phi) is 4.98. The molecule has 0 aliphatic carbocycles. The van der Waals surface area contributed by atoms with Crippen LogP contribution in [0.3, 0.4) is 0 Å². The van der Waals surface area contributed by atoms with Crippen LogP contribution in [0.4, 0.5) is 0 Å². The first kappa shape index (κ1) is 16.0. The summed E-state index contributed by atoms with van der Waals surface area (Å²) >= 11 is 12.1. The third-order valence-electron chi connectivity index (χ3n) is 3.73. The van der Waals surface area contributed by atoms with Crippen LogP contribution in [-0.2, 0) is 0 Å². The van der Waals surface area contributed by atoms with Gasteiger partial charge < -0.3 is 9.64 Å². The molecule has 0 N–H and O–H groups in total. The highest BCUT2D eigenvalue weighted by molar-refractivity contribution is 6.35. The summed E-state index contributed by atoms with van der Waals surface area (Å²) in [7, 11) is 0. The normalized spacial score (nSPS) is 15.5. The minimum Gasteiger partial charge on any atom is -0.474 e. The van der Waals surface area contributed by atoms with E-state index in [1.165, 1.54) is 6.33 Å². The van der Waals surface area contributed by atoms with Gasteiger partial charge in [0.2, 0.25) is 5.88 Å². The second-order valence-electron chi connectivity index (χ2n) is 5.28. The second-order valence-corrected chi connectivity index (χ2v) is 6.12. The number of carbonyl (C=O) groups excluding carboxylic acids is 1. The van der Waals surface area contributed by atoms with Gasteiger partial charge in [0.05, 0.1) is 10.6 Å². The highest BCUT2D eigenvalue weighted by atomic mass is 35.5. The minimum atomic E-state index is -0.0991. The largest absolute Gasteiger partial charge is 0.474 e. The van der Waals surface area contributed by atoms with Crippen molar-refractivity contribution in [3.05, 3.63) is 52.4 Å². The van der Waals surface area contributed by atoms with E-state index in [0.717, 1.165) is 12.8 Å². The number of nitrogens with zero attached hydrogens (tertiary/aromatic N) is 3. The van der Waals surface area contributed by atoms with Crippen LogP contribution in [0.5, 0.6) is 5.88 Å². The van der Waals surface area contributed by atoms with E-state index in [1.807, 2.05) is 0 Å². The van der Waals surface area contributed by atoms with Crippen molar-refractivity contribution in [2.45, 2.75) is 18.9 Å². The molecule has 1 aliphatic rings. The highest BCUT2D eigenvalue weighted by Crippen LogP contribution is 2.24. The summed E-state index contributed by atoms with van der Waals surface area (Å²) in [4.78, 5) is 22.2. The summed E-state index contributed by atoms with van der Waals surface area (Å²) in [6, 6.07) is 6.64. The van der Waals surface area contributed by atoms with Gasteiger partial charge in [-0.2, -0.15) is 0 Å². The topological polar surface area (TPSA) is 55.3 Å². The van der Waals surface area contributed by atoms with Crippen LogP contribution < -0.4 is 4.74 Å². The molecule has 2 heterocycles. The molecule has 1 amide bonds. The summed E-state index contributed by atoms with van der Waals surface area (Å²) in [5.41, 5.74) is 0.439. The number of ether oxygens (including phenoxy) is 1. The van der Waals surface area contributed by atoms with Crippen LogP contribution in [-0.4, -0.2) is 40.0 Å². The van der Waals surface area contributed by atoms with Crippen molar-refractivity contribution in [2.75, 3.05) is 13.1 Å². The zero-order valence-electron chi connectivity index (χ0n) is 12.3. The van der Waals surface area contributed by atoms with Crippen LogP contribution in [0.2, 0.25) is 10.0 Å². The van der Waals surface area contributed by atoms with E-state index in [1.54, 1.807) is 35.4 Å². The molecule has 0 spiro atoms. The van der Waals surface area contributed by atoms with Crippen molar-refractivity contribution < 1.29 is 9.53 Å². The van der Waals surface area contributed by atoms with Gasteiger partial charge in [-0.15, -0.1) is 0 Å². The number of likely N-dealkylation sites (tertiary alicyclic amines) is 1. The molecular formula is C16H15Cl2N3O2. The molecular weight excluding hydrogens is 337 g/mol. The Bertz CT molecular complexity index is 689. The number of halogens is 2. The van der Waals surface area contributed by atoms with Gasteiger partial charge in [0, 0.05) is 43.2 Å². The number of aromatic nitrogens is 2. The average molecular weight is 352 g/mol. The number of rotatable bonds is 3. The summed E-state index contributed by atoms with van der Waals surface area (Å²) < 4.78 is 5.80. The Morgan fingerprint density at radius 2 is 2.00 bits per heavy atom. The van der Waals surface area contributed by atoms with Gasteiger partial charge in [-0.3, -0.25) is 4.79 Å². The number of amides is 1. The van der Waals surface area contributed by atoms with Crippen LogP contribution in [0.15, 0.2) is 36.8 Å². The lowest BCUT2D eigenvalue weighted by Crippen LogP contribution is -2.42. The fraction of sp³-hybridized carbons (Fsp3) is 0.312. The van der Waals surface area contributed by atoms with Crippen LogP contribution in [0, 0.1) is 0 Å². The molecule has 23 heavy (non-hydrogen) atoms. The number of hydrogen-bond acceptors (Lipinski definition) is 4. The molecule has 7 heteroatoms. The first-order valence-corrected chi connectivity index (χ1v) is 8.06. The Morgan fingerprint density at radius 1 is 1.22 bits per heavy atom. The Morgan fingerprint density at radius 3 is 2.70 bits per heavy atom. The number of hydrogen-bond donors (Lipinski definition) is 0. The zero-order valence-corrected chi connectivity index (χ0v) is 13.8. The highest BCUT2D eigenvalue weighted by Gasteiger charge is 2.26. The lowest BCUT2D eigenvalue weighted by atomic mass is 10.1. The summed E-state index contributed by atoms with van der Waals surface area (Å²) in [5, 5.41) is 0.915. The molecule has 3 rings (SSSR count). The first-order chi connectivity index (χ1) is 11.1. The van der Waals surface area contributed by atoms with Crippen molar-refractivity contribution in [1.29, 1.82) is 0 Å². The predicted molar refractivity (Wildman–Crippen MR) is 88.0 cm³/mol. The molecule has 1 aromatic heterocycles. The van der Waals surface area contributed by atoms with E-state index in [0.29, 0.717) is 34.6 Å². The third kappa shape index (κ3) is 3.92. The van der Waals surface area contributed by atoms with E-state index in [2.05, 4.69) is 9.97 Å². The van der Waals surface area contributed by atoms with Crippen molar-refractivity contribution >= 4 is 29.1 Å². The van der Waals surface area contributed by atoms with Gasteiger partial charge in [0.1, 0.15) is 12.4 Å². The van der Waals surface area contributed by atoms with Crippen molar-refractivity contribution in [1.82, 2.24) is 14.9 Å². The minimum absolute atomic E-state index is 0.0452. The van der Waals surface area contributed by atoms with E-state index in [9.17, 15) is 4.79 Å². The van der Waals surface area contributed by atoms with Crippen LogP contribution in [0.1, 0.15) is 23.2 Å². The maximum Gasteiger partial charge on any atom is 0.255 e. The summed E-state index contributed by atoms with van der Waals surface area (Å²) in [6.45, 7) is 1.22. The smallest absolute Gasteiger partial charge is 0.255 e. The molecule has 1 aromatic carbocycles. The Labute approximate surface area is 144 Å². The van der Waals surface area contributed by atoms with Crippen molar-refractivity contribution in [3.63, 3.8) is 0 Å². The van der Waals surface area contributed by atoms with Gasteiger partial charge >= 0.3 is 0 Å². The molecule has 0 radical (unpaired) electrons. The second kappa shape index (κ2) is 7.15. The first-order valence-electron chi connectivity index (χ1n) is 7.30. The number of piperidine rings is 1. The molecule has 2 aromatic rings.